The summed E-state index contributed by atoms with van der Waals surface area (Å²) in [5.41, 5.74) is 2.69. The average molecular weight is 319 g/mol. The number of halogens is 1. The second-order valence-corrected chi connectivity index (χ2v) is 6.21. The number of hydrogen-bond donors (Lipinski definition) is 1. The number of nitrogens with one attached hydrogen (secondary N) is 1. The topological polar surface area (TPSA) is 37.8 Å². The van der Waals surface area contributed by atoms with Gasteiger partial charge >= 0.3 is 0 Å². The molecule has 0 bridgehead atoms. The van der Waals surface area contributed by atoms with Crippen molar-refractivity contribution < 1.29 is 5.82 Å². The maximum absolute atomic E-state index is 13.0. The summed E-state index contributed by atoms with van der Waals surface area (Å²) in [6.45, 7) is 14.3. The number of hydrogen-bond acceptors (Lipinski definition) is 3. The predicted octanol–water partition coefficient (Wildman–Crippen LogP) is 5.67. The summed E-state index contributed by atoms with van der Waals surface area (Å²) in [7, 11) is 0. The molecule has 1 heterocycles. The van der Waals surface area contributed by atoms with E-state index < -0.39 is 0 Å². The van der Waals surface area contributed by atoms with Gasteiger partial charge in [-0.1, -0.05) is 39.8 Å². The lowest BCUT2D eigenvalue weighted by Gasteiger charge is -2.28. The third kappa shape index (κ3) is 5.02. The molecular weight excluding hydrogens is 289 g/mol. The molecule has 0 saturated heterocycles. The van der Waals surface area contributed by atoms with Crippen LogP contribution < -0.4 is 5.32 Å². The average Bonchev–Trinajstić information content (AvgIpc) is 2.51. The molecule has 4 heteroatoms. The van der Waals surface area contributed by atoms with Gasteiger partial charge in [0.05, 0.1) is 11.2 Å². The number of rotatable bonds is 4. The van der Waals surface area contributed by atoms with Crippen LogP contribution in [0.2, 0.25) is 0 Å². The minimum atomic E-state index is -0.355. The molecule has 2 rings (SSSR count). The molecule has 23 heavy (non-hydrogen) atoms. The lowest BCUT2D eigenvalue weighted by molar-refractivity contribution is 0.592. The fourth-order valence-electron chi connectivity index (χ4n) is 2.15. The largest absolute Gasteiger partial charge is 0.359 e. The highest BCUT2D eigenvalue weighted by atomic mass is 19.1. The van der Waals surface area contributed by atoms with E-state index in [1.807, 2.05) is 34.6 Å². The second-order valence-electron chi connectivity index (χ2n) is 6.21. The zero-order valence-corrected chi connectivity index (χ0v) is 15.2. The Morgan fingerprint density at radius 2 is 1.65 bits per heavy atom. The number of aromatic nitrogens is 2. The molecule has 0 amide bonds. The fourth-order valence-corrected chi connectivity index (χ4v) is 2.15. The Balaban J connectivity index is 0.00000170. The Morgan fingerprint density at radius 1 is 1.09 bits per heavy atom. The Labute approximate surface area is 140 Å². The van der Waals surface area contributed by atoms with Gasteiger partial charge < -0.3 is 5.32 Å². The summed E-state index contributed by atoms with van der Waals surface area (Å²) in [4.78, 5) is 0. The minimum Gasteiger partial charge on any atom is -0.359 e. The lowest BCUT2D eigenvalue weighted by atomic mass is 9.94. The molecule has 3 nitrogen and oxygen atoms in total. The van der Waals surface area contributed by atoms with Crippen LogP contribution in [0.5, 0.6) is 0 Å². The van der Waals surface area contributed by atoms with Crippen molar-refractivity contribution in [3.63, 3.8) is 0 Å². The van der Waals surface area contributed by atoms with Crippen molar-refractivity contribution >= 4 is 5.82 Å². The molecule has 0 fully saturated rings. The highest BCUT2D eigenvalue weighted by Gasteiger charge is 2.22. The lowest BCUT2D eigenvalue weighted by Crippen LogP contribution is -2.29. The van der Waals surface area contributed by atoms with Crippen LogP contribution in [0.1, 0.15) is 65.7 Å². The van der Waals surface area contributed by atoms with Crippen molar-refractivity contribution in [2.24, 2.45) is 0 Å². The van der Waals surface area contributed by atoms with Crippen molar-refractivity contribution in [2.45, 2.75) is 59.9 Å². The first-order valence-corrected chi connectivity index (χ1v) is 8.18. The number of anilines is 1. The predicted molar refractivity (Wildman–Crippen MR) is 97.4 cm³/mol. The van der Waals surface area contributed by atoms with Crippen LogP contribution in [-0.2, 0) is 5.54 Å². The van der Waals surface area contributed by atoms with Crippen molar-refractivity contribution in [2.75, 3.05) is 5.32 Å². The van der Waals surface area contributed by atoms with Gasteiger partial charge in [-0.25, -0.2) is 4.39 Å². The normalized spacial score (nSPS) is 11.0. The van der Waals surface area contributed by atoms with Gasteiger partial charge in [0.2, 0.25) is 0 Å². The molecule has 0 aliphatic heterocycles. The van der Waals surface area contributed by atoms with Gasteiger partial charge in [0, 0.05) is 1.43 Å². The standard InChI is InChI=1S/C17H22FN3.C2H6.H2/c1-11(2)15-10-12(3)16(21-20-15)19-17(4,5)13-6-8-14(18)9-7-13;1-2;/h6-11H,1-5H3,(H,19,21);1-2H3;1H. The van der Waals surface area contributed by atoms with Crippen molar-refractivity contribution in [3.05, 3.63) is 53.0 Å². The van der Waals surface area contributed by atoms with E-state index in [2.05, 4.69) is 35.4 Å². The molecule has 2 aromatic rings. The van der Waals surface area contributed by atoms with Crippen molar-refractivity contribution in [1.82, 2.24) is 10.2 Å². The third-order valence-corrected chi connectivity index (χ3v) is 3.59. The molecule has 1 aromatic carbocycles. The Kier molecular flexibility index (Phi) is 6.67. The Morgan fingerprint density at radius 3 is 2.13 bits per heavy atom. The monoisotopic (exact) mass is 319 g/mol. The maximum Gasteiger partial charge on any atom is 0.152 e. The summed E-state index contributed by atoms with van der Waals surface area (Å²) >= 11 is 0. The van der Waals surface area contributed by atoms with Crippen LogP contribution in [0.15, 0.2) is 30.3 Å². The van der Waals surface area contributed by atoms with Crippen LogP contribution in [0, 0.1) is 12.7 Å². The molecule has 0 spiro atoms. The first-order chi connectivity index (χ1) is 10.8. The molecule has 128 valence electrons. The van der Waals surface area contributed by atoms with E-state index in [4.69, 9.17) is 0 Å². The Hall–Kier alpha value is -1.97. The molecular formula is C19H30FN3. The number of nitrogens with zero attached hydrogens (tertiary/aromatic N) is 2. The molecule has 0 atom stereocenters. The number of aryl methyl sites for hydroxylation is 1. The molecule has 0 radical (unpaired) electrons. The molecule has 1 N–H and O–H groups in total. The van der Waals surface area contributed by atoms with Gasteiger partial charge in [0.1, 0.15) is 5.82 Å². The fraction of sp³-hybridized carbons (Fsp3) is 0.474. The first-order valence-electron chi connectivity index (χ1n) is 8.18. The van der Waals surface area contributed by atoms with Crippen LogP contribution in [0.3, 0.4) is 0 Å². The summed E-state index contributed by atoms with van der Waals surface area (Å²) in [6, 6.07) is 8.57. The minimum absolute atomic E-state index is 0. The number of benzene rings is 1. The van der Waals surface area contributed by atoms with Gasteiger partial charge in [-0.05, 0) is 56.0 Å². The van der Waals surface area contributed by atoms with Crippen LogP contribution in [0.4, 0.5) is 10.2 Å². The van der Waals surface area contributed by atoms with Crippen LogP contribution in [-0.4, -0.2) is 10.2 Å². The molecule has 0 saturated carbocycles. The summed E-state index contributed by atoms with van der Waals surface area (Å²) < 4.78 is 13.0. The SMILES string of the molecule is CC.Cc1cc(C(C)C)nnc1NC(C)(C)c1ccc(F)cc1.[HH]. The third-order valence-electron chi connectivity index (χ3n) is 3.59. The smallest absolute Gasteiger partial charge is 0.152 e. The van der Waals surface area contributed by atoms with E-state index in [9.17, 15) is 4.39 Å². The van der Waals surface area contributed by atoms with Gasteiger partial charge in [0.15, 0.2) is 5.82 Å². The van der Waals surface area contributed by atoms with Gasteiger partial charge in [-0.3, -0.25) is 0 Å². The van der Waals surface area contributed by atoms with E-state index in [1.54, 1.807) is 12.1 Å². The molecule has 1 aromatic heterocycles. The summed E-state index contributed by atoms with van der Waals surface area (Å²) in [5, 5.41) is 11.9. The quantitative estimate of drug-likeness (QED) is 0.789. The first kappa shape index (κ1) is 19.1. The molecule has 0 unspecified atom stereocenters. The van der Waals surface area contributed by atoms with E-state index in [0.29, 0.717) is 5.92 Å². The van der Waals surface area contributed by atoms with Crippen LogP contribution >= 0.6 is 0 Å². The molecule has 0 aliphatic carbocycles. The van der Waals surface area contributed by atoms with Crippen molar-refractivity contribution in [3.8, 4) is 0 Å². The maximum atomic E-state index is 13.0. The van der Waals surface area contributed by atoms with Crippen LogP contribution in [0.25, 0.3) is 0 Å². The van der Waals surface area contributed by atoms with Gasteiger partial charge in [-0.15, -0.1) is 5.10 Å². The second kappa shape index (κ2) is 8.04. The highest BCUT2D eigenvalue weighted by molar-refractivity contribution is 5.47. The summed E-state index contributed by atoms with van der Waals surface area (Å²) in [5.74, 6) is 0.885. The van der Waals surface area contributed by atoms with E-state index in [1.165, 1.54) is 12.1 Å². The van der Waals surface area contributed by atoms with E-state index in [-0.39, 0.29) is 12.8 Å². The van der Waals surface area contributed by atoms with Gasteiger partial charge in [0.25, 0.3) is 0 Å². The van der Waals surface area contributed by atoms with E-state index >= 15 is 0 Å². The Bertz CT molecular complexity index is 625. The van der Waals surface area contributed by atoms with Gasteiger partial charge in [-0.2, -0.15) is 5.10 Å². The molecule has 0 aliphatic rings. The zero-order valence-electron chi connectivity index (χ0n) is 15.2. The highest BCUT2D eigenvalue weighted by Crippen LogP contribution is 2.27. The summed E-state index contributed by atoms with van der Waals surface area (Å²) in [6.07, 6.45) is 0. The zero-order chi connectivity index (χ0) is 17.6. The van der Waals surface area contributed by atoms with E-state index in [0.717, 1.165) is 22.6 Å². The van der Waals surface area contributed by atoms with Crippen molar-refractivity contribution in [1.29, 1.82) is 0 Å².